The summed E-state index contributed by atoms with van der Waals surface area (Å²) in [6.45, 7) is 0. The molecule has 0 bridgehead atoms. The number of hydrogen-bond acceptors (Lipinski definition) is 4. The van der Waals surface area contributed by atoms with Crippen LogP contribution in [0.4, 0.5) is 0 Å². The molecule has 1 heterocycles. The number of ether oxygens (including phenoxy) is 2. The van der Waals surface area contributed by atoms with Gasteiger partial charge in [0.05, 0.1) is 14.2 Å². The van der Waals surface area contributed by atoms with Gasteiger partial charge in [0.25, 0.3) is 0 Å². The van der Waals surface area contributed by atoms with E-state index in [2.05, 4.69) is 0 Å². The molecule has 0 saturated heterocycles. The molecule has 0 amide bonds. The number of benzene rings is 1. The molecule has 0 unspecified atom stereocenters. The Bertz CT molecular complexity index is 519. The van der Waals surface area contributed by atoms with Crippen molar-refractivity contribution in [2.45, 2.75) is 0 Å². The molecule has 0 atom stereocenters. The average Bonchev–Trinajstić information content (AvgIpc) is 2.90. The predicted molar refractivity (Wildman–Crippen MR) is 74.5 cm³/mol. The Morgan fingerprint density at radius 1 is 1.11 bits per heavy atom. The Hall–Kier alpha value is -1.94. The monoisotopic (exact) mass is 262 g/mol. The van der Waals surface area contributed by atoms with E-state index in [1.165, 1.54) is 19.1 Å². The third-order valence-corrected chi connectivity index (χ3v) is 3.32. The molecule has 1 aromatic heterocycles. The minimum Gasteiger partial charge on any atom is -0.502 e. The SMILES string of the molecule is COc1cc(/C=C/c2cccs2)cc(OC)c1O. The molecule has 3 nitrogen and oxygen atoms in total. The molecule has 1 N–H and O–H groups in total. The Kier molecular flexibility index (Phi) is 3.89. The van der Waals surface area contributed by atoms with Crippen molar-refractivity contribution in [2.24, 2.45) is 0 Å². The number of thiophene rings is 1. The lowest BCUT2D eigenvalue weighted by atomic mass is 10.1. The molecule has 0 spiro atoms. The zero-order valence-electron chi connectivity index (χ0n) is 10.2. The van der Waals surface area contributed by atoms with Crippen LogP contribution in [0.5, 0.6) is 17.2 Å². The summed E-state index contributed by atoms with van der Waals surface area (Å²) in [4.78, 5) is 1.17. The van der Waals surface area contributed by atoms with Gasteiger partial charge in [-0.25, -0.2) is 0 Å². The van der Waals surface area contributed by atoms with Gasteiger partial charge in [-0.1, -0.05) is 12.1 Å². The first kappa shape index (κ1) is 12.5. The van der Waals surface area contributed by atoms with E-state index in [1.54, 1.807) is 23.5 Å². The maximum Gasteiger partial charge on any atom is 0.200 e. The summed E-state index contributed by atoms with van der Waals surface area (Å²) in [5, 5.41) is 11.8. The van der Waals surface area contributed by atoms with Gasteiger partial charge < -0.3 is 14.6 Å². The van der Waals surface area contributed by atoms with Gasteiger partial charge in [-0.15, -0.1) is 11.3 Å². The van der Waals surface area contributed by atoms with Gasteiger partial charge in [0.2, 0.25) is 5.75 Å². The maximum absolute atomic E-state index is 9.79. The van der Waals surface area contributed by atoms with Crippen molar-refractivity contribution < 1.29 is 14.6 Å². The highest BCUT2D eigenvalue weighted by Crippen LogP contribution is 2.37. The summed E-state index contributed by atoms with van der Waals surface area (Å²) in [6, 6.07) is 7.57. The summed E-state index contributed by atoms with van der Waals surface area (Å²) >= 11 is 1.67. The van der Waals surface area contributed by atoms with E-state index in [-0.39, 0.29) is 5.75 Å². The fourth-order valence-electron chi connectivity index (χ4n) is 1.57. The minimum absolute atomic E-state index is 0.0215. The van der Waals surface area contributed by atoms with Gasteiger partial charge in [0.1, 0.15) is 0 Å². The zero-order valence-corrected chi connectivity index (χ0v) is 11.0. The molecule has 0 fully saturated rings. The van der Waals surface area contributed by atoms with Crippen LogP contribution in [-0.2, 0) is 0 Å². The van der Waals surface area contributed by atoms with Crippen molar-refractivity contribution in [1.82, 2.24) is 0 Å². The van der Waals surface area contributed by atoms with E-state index in [4.69, 9.17) is 9.47 Å². The summed E-state index contributed by atoms with van der Waals surface area (Å²) < 4.78 is 10.2. The van der Waals surface area contributed by atoms with Crippen LogP contribution in [0.15, 0.2) is 29.6 Å². The molecule has 0 radical (unpaired) electrons. The largest absolute Gasteiger partial charge is 0.502 e. The molecular formula is C14H14O3S. The Labute approximate surface area is 110 Å². The highest BCUT2D eigenvalue weighted by Gasteiger charge is 2.09. The lowest BCUT2D eigenvalue weighted by Gasteiger charge is -2.09. The fourth-order valence-corrected chi connectivity index (χ4v) is 2.19. The minimum atomic E-state index is 0.0215. The van der Waals surface area contributed by atoms with Gasteiger partial charge in [-0.3, -0.25) is 0 Å². The third kappa shape index (κ3) is 2.65. The van der Waals surface area contributed by atoms with E-state index >= 15 is 0 Å². The summed E-state index contributed by atoms with van der Waals surface area (Å²) in [7, 11) is 3.03. The van der Waals surface area contributed by atoms with Gasteiger partial charge >= 0.3 is 0 Å². The Morgan fingerprint density at radius 3 is 2.28 bits per heavy atom. The van der Waals surface area contributed by atoms with Crippen LogP contribution >= 0.6 is 11.3 Å². The highest BCUT2D eigenvalue weighted by atomic mass is 32.1. The number of phenolic OH excluding ortho intramolecular Hbond substituents is 1. The number of rotatable bonds is 4. The van der Waals surface area contributed by atoms with Crippen LogP contribution < -0.4 is 9.47 Å². The summed E-state index contributed by atoms with van der Waals surface area (Å²) in [6.07, 6.45) is 3.96. The van der Waals surface area contributed by atoms with Gasteiger partial charge in [-0.05, 0) is 35.2 Å². The first-order valence-corrected chi connectivity index (χ1v) is 6.29. The van der Waals surface area contributed by atoms with Crippen molar-refractivity contribution in [3.8, 4) is 17.2 Å². The molecule has 4 heteroatoms. The van der Waals surface area contributed by atoms with Crippen molar-refractivity contribution in [1.29, 1.82) is 0 Å². The number of aromatic hydroxyl groups is 1. The quantitative estimate of drug-likeness (QED) is 0.914. The fraction of sp³-hybridized carbons (Fsp3) is 0.143. The predicted octanol–water partition coefficient (Wildman–Crippen LogP) is 3.64. The van der Waals surface area contributed by atoms with Crippen molar-refractivity contribution >= 4 is 23.5 Å². The lowest BCUT2D eigenvalue weighted by Crippen LogP contribution is -1.90. The Balaban J connectivity index is 2.33. The molecule has 0 aliphatic rings. The molecule has 2 aromatic rings. The second-order valence-corrected chi connectivity index (χ2v) is 4.60. The Morgan fingerprint density at radius 2 is 1.78 bits per heavy atom. The summed E-state index contributed by atoms with van der Waals surface area (Å²) in [5.74, 6) is 0.827. The maximum atomic E-state index is 9.79. The van der Waals surface area contributed by atoms with E-state index in [1.807, 2.05) is 29.7 Å². The number of methoxy groups -OCH3 is 2. The molecule has 94 valence electrons. The number of phenols is 1. The highest BCUT2D eigenvalue weighted by molar-refractivity contribution is 7.10. The van der Waals surface area contributed by atoms with Gasteiger partial charge in [-0.2, -0.15) is 0 Å². The van der Waals surface area contributed by atoms with Crippen molar-refractivity contribution in [3.63, 3.8) is 0 Å². The first-order chi connectivity index (χ1) is 8.74. The second kappa shape index (κ2) is 5.60. The second-order valence-electron chi connectivity index (χ2n) is 3.62. The van der Waals surface area contributed by atoms with E-state index in [0.717, 1.165) is 5.56 Å². The molecular weight excluding hydrogens is 248 g/mol. The molecule has 1 aromatic carbocycles. The smallest absolute Gasteiger partial charge is 0.200 e. The van der Waals surface area contributed by atoms with Crippen molar-refractivity contribution in [2.75, 3.05) is 14.2 Å². The lowest BCUT2D eigenvalue weighted by molar-refractivity contribution is 0.340. The van der Waals surface area contributed by atoms with Crippen LogP contribution in [0.1, 0.15) is 10.4 Å². The molecule has 0 saturated carbocycles. The van der Waals surface area contributed by atoms with Gasteiger partial charge in [0.15, 0.2) is 11.5 Å². The molecule has 0 aliphatic heterocycles. The van der Waals surface area contributed by atoms with E-state index in [9.17, 15) is 5.11 Å². The van der Waals surface area contributed by atoms with Crippen LogP contribution in [0, 0.1) is 0 Å². The van der Waals surface area contributed by atoms with Crippen LogP contribution in [0.25, 0.3) is 12.2 Å². The zero-order chi connectivity index (χ0) is 13.0. The average molecular weight is 262 g/mol. The van der Waals surface area contributed by atoms with Crippen LogP contribution in [0.2, 0.25) is 0 Å². The van der Waals surface area contributed by atoms with Crippen LogP contribution in [0.3, 0.4) is 0 Å². The topological polar surface area (TPSA) is 38.7 Å². The van der Waals surface area contributed by atoms with Crippen molar-refractivity contribution in [3.05, 3.63) is 40.1 Å². The third-order valence-electron chi connectivity index (χ3n) is 2.49. The van der Waals surface area contributed by atoms with Gasteiger partial charge in [0, 0.05) is 4.88 Å². The normalized spacial score (nSPS) is 10.8. The van der Waals surface area contributed by atoms with E-state index < -0.39 is 0 Å². The standard InChI is InChI=1S/C14H14O3S/c1-16-12-8-10(9-13(17-2)14(12)15)5-6-11-4-3-7-18-11/h3-9,15H,1-2H3/b6-5+. The summed E-state index contributed by atoms with van der Waals surface area (Å²) in [5.41, 5.74) is 0.912. The van der Waals surface area contributed by atoms with E-state index in [0.29, 0.717) is 11.5 Å². The first-order valence-electron chi connectivity index (χ1n) is 5.41. The molecule has 2 rings (SSSR count). The molecule has 0 aliphatic carbocycles. The number of hydrogen-bond donors (Lipinski definition) is 1. The molecule has 18 heavy (non-hydrogen) atoms. The van der Waals surface area contributed by atoms with Crippen LogP contribution in [-0.4, -0.2) is 19.3 Å².